The van der Waals surface area contributed by atoms with Gasteiger partial charge in [0.25, 0.3) is 0 Å². The third kappa shape index (κ3) is 5.03. The lowest BCUT2D eigenvalue weighted by Crippen LogP contribution is -1.96. The fraction of sp³-hybridized carbons (Fsp3) is 0. The molecular formula is C41H25N3O. The van der Waals surface area contributed by atoms with Gasteiger partial charge in [-0.3, -0.25) is 0 Å². The zero-order valence-corrected chi connectivity index (χ0v) is 23.2. The molecule has 0 N–H and O–H groups in total. The minimum absolute atomic E-state index is 0.0514. The van der Waals surface area contributed by atoms with E-state index in [4.69, 9.17) is 22.2 Å². The second kappa shape index (κ2) is 11.1. The molecule has 0 aliphatic rings. The van der Waals surface area contributed by atoms with Gasteiger partial charge in [0.2, 0.25) is 0 Å². The standard InChI is InChI=1S/C41H25N3O/c42-26-27-8-6-12-33(22-27)38-25-37(30-18-16-29(17-19-30)28-9-2-1-3-10-28)43-41(44-38)34-13-7-11-31(23-34)32-20-21-36-35-14-4-5-15-39(35)45-40(36)24-32/h1-25H/i1D,2D,3D,6D,8D,9D,10D,12D,16D,17D,18D,19D,22D. The van der Waals surface area contributed by atoms with E-state index in [0.29, 0.717) is 16.7 Å². The molecule has 45 heavy (non-hydrogen) atoms. The second-order valence-electron chi connectivity index (χ2n) is 9.96. The Kier molecular flexibility index (Phi) is 3.93. The van der Waals surface area contributed by atoms with Crippen LogP contribution in [0.1, 0.15) is 23.4 Å². The van der Waals surface area contributed by atoms with Crippen molar-refractivity contribution >= 4 is 21.9 Å². The van der Waals surface area contributed by atoms with E-state index in [0.717, 1.165) is 21.9 Å². The molecule has 0 spiro atoms. The molecule has 0 aliphatic heterocycles. The lowest BCUT2D eigenvalue weighted by molar-refractivity contribution is 0.669. The summed E-state index contributed by atoms with van der Waals surface area (Å²) in [7, 11) is 0. The highest BCUT2D eigenvalue weighted by molar-refractivity contribution is 6.05. The molecule has 0 amide bonds. The molecule has 2 aromatic heterocycles. The number of para-hydroxylation sites is 1. The topological polar surface area (TPSA) is 62.7 Å². The van der Waals surface area contributed by atoms with Crippen molar-refractivity contribution in [2.75, 3.05) is 0 Å². The summed E-state index contributed by atoms with van der Waals surface area (Å²) in [5, 5.41) is 11.7. The molecule has 0 saturated carbocycles. The Morgan fingerprint density at radius 2 is 1.22 bits per heavy atom. The summed E-state index contributed by atoms with van der Waals surface area (Å²) < 4.78 is 117. The third-order valence-electron chi connectivity index (χ3n) is 7.18. The number of hydrogen-bond acceptors (Lipinski definition) is 4. The predicted octanol–water partition coefficient (Wildman–Crippen LogP) is 10.6. The zero-order valence-electron chi connectivity index (χ0n) is 36.2. The highest BCUT2D eigenvalue weighted by Crippen LogP contribution is 2.34. The van der Waals surface area contributed by atoms with Crippen molar-refractivity contribution in [1.29, 1.82) is 5.26 Å². The molecule has 8 aromatic rings. The van der Waals surface area contributed by atoms with Gasteiger partial charge in [0.15, 0.2) is 5.82 Å². The summed E-state index contributed by atoms with van der Waals surface area (Å²) in [5.74, 6) is -0.0514. The van der Waals surface area contributed by atoms with Gasteiger partial charge in [0.1, 0.15) is 11.2 Å². The zero-order chi connectivity index (χ0) is 41.5. The average Bonchev–Trinajstić information content (AvgIpc) is 3.60. The van der Waals surface area contributed by atoms with E-state index in [1.54, 1.807) is 24.3 Å². The Bertz CT molecular complexity index is 3080. The van der Waals surface area contributed by atoms with Crippen LogP contribution in [0.25, 0.3) is 78.1 Å². The summed E-state index contributed by atoms with van der Waals surface area (Å²) in [6.07, 6.45) is 0. The van der Waals surface area contributed by atoms with Gasteiger partial charge in [-0.15, -0.1) is 0 Å². The van der Waals surface area contributed by atoms with Crippen LogP contribution in [-0.2, 0) is 0 Å². The van der Waals surface area contributed by atoms with E-state index < -0.39 is 95.2 Å². The molecule has 6 aromatic carbocycles. The van der Waals surface area contributed by atoms with Crippen LogP contribution in [0.5, 0.6) is 0 Å². The summed E-state index contributed by atoms with van der Waals surface area (Å²) >= 11 is 0. The van der Waals surface area contributed by atoms with Crippen LogP contribution in [0, 0.1) is 11.3 Å². The maximum absolute atomic E-state index is 9.81. The highest BCUT2D eigenvalue weighted by atomic mass is 16.3. The van der Waals surface area contributed by atoms with Crippen LogP contribution < -0.4 is 0 Å². The Labute approximate surface area is 278 Å². The number of nitriles is 1. The van der Waals surface area contributed by atoms with Crippen LogP contribution in [0.2, 0.25) is 0 Å². The molecule has 0 radical (unpaired) electrons. The van der Waals surface area contributed by atoms with Crippen molar-refractivity contribution < 1.29 is 22.2 Å². The van der Waals surface area contributed by atoms with E-state index in [9.17, 15) is 5.26 Å². The van der Waals surface area contributed by atoms with Gasteiger partial charge in [0.05, 0.1) is 40.8 Å². The lowest BCUT2D eigenvalue weighted by atomic mass is 10.00. The minimum Gasteiger partial charge on any atom is -0.456 e. The van der Waals surface area contributed by atoms with Gasteiger partial charge >= 0.3 is 0 Å². The Morgan fingerprint density at radius 3 is 2.07 bits per heavy atom. The molecule has 0 bridgehead atoms. The van der Waals surface area contributed by atoms with Gasteiger partial charge < -0.3 is 4.42 Å². The Hall–Kier alpha value is -6.31. The first-order chi connectivity index (χ1) is 27.6. The number of benzene rings is 6. The molecule has 4 heteroatoms. The number of rotatable bonds is 5. The van der Waals surface area contributed by atoms with Crippen LogP contribution in [0.15, 0.2) is 156 Å². The highest BCUT2D eigenvalue weighted by Gasteiger charge is 2.13. The average molecular weight is 589 g/mol. The predicted molar refractivity (Wildman–Crippen MR) is 181 cm³/mol. The van der Waals surface area contributed by atoms with Crippen molar-refractivity contribution in [1.82, 2.24) is 9.97 Å². The second-order valence-corrected chi connectivity index (χ2v) is 9.96. The van der Waals surface area contributed by atoms with Gasteiger partial charge in [-0.2, -0.15) is 5.26 Å². The first kappa shape index (κ1) is 16.0. The van der Waals surface area contributed by atoms with Crippen LogP contribution in [0.3, 0.4) is 0 Å². The molecule has 4 nitrogen and oxygen atoms in total. The molecule has 0 saturated heterocycles. The van der Waals surface area contributed by atoms with Gasteiger partial charge in [-0.05, 0) is 64.7 Å². The molecule has 0 unspecified atom stereocenters. The SMILES string of the molecule is [2H]c1c([2H])c([2H])c(-c2c([2H])c([2H])c(-c3cc(-c4c([2H])c([2H])c([2H])c(C#N)c4[2H])nc(-c4cccc(-c5ccc6c(c5)oc5ccccc56)c4)n3)c([2H])c2[2H])c([2H])c1[2H]. The number of furan rings is 1. The summed E-state index contributed by atoms with van der Waals surface area (Å²) in [5.41, 5.74) is 0.674. The first-order valence-electron chi connectivity index (χ1n) is 20.2. The summed E-state index contributed by atoms with van der Waals surface area (Å²) in [4.78, 5) is 9.32. The van der Waals surface area contributed by atoms with Gasteiger partial charge in [0, 0.05) is 27.5 Å². The normalized spacial score (nSPS) is 15.1. The molecule has 0 atom stereocenters. The van der Waals surface area contributed by atoms with E-state index in [-0.39, 0.29) is 28.3 Å². The molecule has 0 aliphatic carbocycles. The van der Waals surface area contributed by atoms with Crippen LogP contribution in [0.4, 0.5) is 0 Å². The van der Waals surface area contributed by atoms with Crippen LogP contribution in [-0.4, -0.2) is 9.97 Å². The molecule has 8 rings (SSSR count). The maximum atomic E-state index is 9.81. The van der Waals surface area contributed by atoms with Gasteiger partial charge in [-0.25, -0.2) is 9.97 Å². The van der Waals surface area contributed by atoms with Crippen molar-refractivity contribution in [2.45, 2.75) is 0 Å². The minimum atomic E-state index is -0.722. The molecule has 0 fully saturated rings. The van der Waals surface area contributed by atoms with Crippen molar-refractivity contribution in [3.8, 4) is 62.2 Å². The third-order valence-corrected chi connectivity index (χ3v) is 7.18. The first-order valence-corrected chi connectivity index (χ1v) is 13.7. The Balaban J connectivity index is 1.37. The maximum Gasteiger partial charge on any atom is 0.160 e. The molecule has 210 valence electrons. The van der Waals surface area contributed by atoms with E-state index in [1.165, 1.54) is 6.07 Å². The number of fused-ring (bicyclic) bond motifs is 3. The fourth-order valence-electron chi connectivity index (χ4n) is 5.04. The van der Waals surface area contributed by atoms with Crippen molar-refractivity contribution in [3.05, 3.63) is 157 Å². The number of hydrogen-bond donors (Lipinski definition) is 0. The summed E-state index contributed by atoms with van der Waals surface area (Å²) in [6, 6.07) is 14.6. The smallest absolute Gasteiger partial charge is 0.160 e. The van der Waals surface area contributed by atoms with E-state index >= 15 is 0 Å². The summed E-state index contributed by atoms with van der Waals surface area (Å²) in [6.45, 7) is 0. The molecule has 2 heterocycles. The fourth-order valence-corrected chi connectivity index (χ4v) is 5.04. The Morgan fingerprint density at radius 1 is 0.533 bits per heavy atom. The monoisotopic (exact) mass is 588 g/mol. The molecular weight excluding hydrogens is 550 g/mol. The van der Waals surface area contributed by atoms with E-state index in [1.807, 2.05) is 48.5 Å². The quantitative estimate of drug-likeness (QED) is 0.201. The number of nitrogens with zero attached hydrogens (tertiary/aromatic N) is 3. The van der Waals surface area contributed by atoms with Gasteiger partial charge in [-0.1, -0.05) is 109 Å². The van der Waals surface area contributed by atoms with E-state index in [2.05, 4.69) is 9.97 Å². The van der Waals surface area contributed by atoms with Crippen molar-refractivity contribution in [3.63, 3.8) is 0 Å². The van der Waals surface area contributed by atoms with Crippen LogP contribution >= 0.6 is 0 Å². The lowest BCUT2D eigenvalue weighted by Gasteiger charge is -2.11. The number of aromatic nitrogens is 2. The largest absolute Gasteiger partial charge is 0.456 e. The van der Waals surface area contributed by atoms with Crippen molar-refractivity contribution in [2.24, 2.45) is 0 Å².